The van der Waals surface area contributed by atoms with Gasteiger partial charge in [-0.15, -0.1) is 0 Å². The fraction of sp³-hybridized carbons (Fsp3) is 0.538. The highest BCUT2D eigenvalue weighted by Gasteiger charge is 2.11. The number of aryl methyl sites for hydroxylation is 1. The van der Waals surface area contributed by atoms with Crippen molar-refractivity contribution in [2.45, 2.75) is 32.7 Å². The third-order valence-corrected chi connectivity index (χ3v) is 4.82. The Balaban J connectivity index is 2.39. The summed E-state index contributed by atoms with van der Waals surface area (Å²) in [4.78, 5) is 0. The Morgan fingerprint density at radius 2 is 1.56 bits per heavy atom. The maximum atomic E-state index is 13.0. The van der Waals surface area contributed by atoms with Crippen molar-refractivity contribution in [1.29, 1.82) is 0 Å². The quantitative estimate of drug-likeness (QED) is 0.678. The standard InChI is InChI=1S/C13H20F2O2Si/c1-3-16-18(17-4-2)7-5-6-11-8-12(14)10-13(15)9-11/h8-10,18H,3-7H2,1-2H3. The largest absolute Gasteiger partial charge is 0.397 e. The average Bonchev–Trinajstić information content (AvgIpc) is 2.28. The Morgan fingerprint density at radius 3 is 2.06 bits per heavy atom. The zero-order valence-electron chi connectivity index (χ0n) is 10.9. The van der Waals surface area contributed by atoms with Gasteiger partial charge in [-0.2, -0.15) is 0 Å². The van der Waals surface area contributed by atoms with E-state index >= 15 is 0 Å². The average molecular weight is 274 g/mol. The van der Waals surface area contributed by atoms with Crippen LogP contribution in [-0.4, -0.2) is 22.5 Å². The van der Waals surface area contributed by atoms with E-state index in [0.29, 0.717) is 25.2 Å². The molecule has 0 spiro atoms. The number of hydrogen-bond acceptors (Lipinski definition) is 2. The number of halogens is 2. The molecule has 18 heavy (non-hydrogen) atoms. The number of benzene rings is 1. The Bertz CT molecular complexity index is 335. The van der Waals surface area contributed by atoms with Crippen LogP contribution in [-0.2, 0) is 15.3 Å². The van der Waals surface area contributed by atoms with Gasteiger partial charge in [-0.1, -0.05) is 0 Å². The Labute approximate surface area is 109 Å². The first-order valence-electron chi connectivity index (χ1n) is 6.33. The van der Waals surface area contributed by atoms with Gasteiger partial charge in [-0.25, -0.2) is 8.78 Å². The summed E-state index contributed by atoms with van der Waals surface area (Å²) in [5.41, 5.74) is 0.688. The first-order chi connectivity index (χ1) is 8.65. The van der Waals surface area contributed by atoms with E-state index in [9.17, 15) is 8.78 Å². The molecule has 1 aromatic carbocycles. The molecule has 0 N–H and O–H groups in total. The topological polar surface area (TPSA) is 18.5 Å². The molecule has 102 valence electrons. The van der Waals surface area contributed by atoms with Gasteiger partial charge in [-0.05, 0) is 50.4 Å². The predicted molar refractivity (Wildman–Crippen MR) is 69.9 cm³/mol. The molecule has 0 heterocycles. The summed E-state index contributed by atoms with van der Waals surface area (Å²) in [5, 5.41) is 0. The zero-order valence-corrected chi connectivity index (χ0v) is 12.1. The minimum Gasteiger partial charge on any atom is -0.397 e. The molecule has 1 rings (SSSR count). The van der Waals surface area contributed by atoms with Crippen molar-refractivity contribution in [2.75, 3.05) is 13.2 Å². The highest BCUT2D eigenvalue weighted by molar-refractivity contribution is 6.44. The highest BCUT2D eigenvalue weighted by Crippen LogP contribution is 2.12. The van der Waals surface area contributed by atoms with Crippen molar-refractivity contribution in [1.82, 2.24) is 0 Å². The molecule has 0 aliphatic carbocycles. The normalized spacial score (nSPS) is 11.2. The van der Waals surface area contributed by atoms with Gasteiger partial charge < -0.3 is 8.85 Å². The lowest BCUT2D eigenvalue weighted by molar-refractivity contribution is 0.213. The molecule has 1 aromatic rings. The van der Waals surface area contributed by atoms with Gasteiger partial charge in [0.25, 0.3) is 0 Å². The number of hydrogen-bond donors (Lipinski definition) is 0. The van der Waals surface area contributed by atoms with Gasteiger partial charge in [-0.3, -0.25) is 0 Å². The molecule has 0 amide bonds. The lowest BCUT2D eigenvalue weighted by Gasteiger charge is -2.14. The molecule has 0 unspecified atom stereocenters. The van der Waals surface area contributed by atoms with Crippen molar-refractivity contribution in [3.63, 3.8) is 0 Å². The molecule has 0 aliphatic heterocycles. The molecule has 2 nitrogen and oxygen atoms in total. The molecule has 0 fully saturated rings. The lowest BCUT2D eigenvalue weighted by Crippen LogP contribution is -2.22. The van der Waals surface area contributed by atoms with Crippen molar-refractivity contribution in [3.05, 3.63) is 35.4 Å². The third-order valence-electron chi connectivity index (χ3n) is 2.53. The van der Waals surface area contributed by atoms with Crippen LogP contribution in [0.2, 0.25) is 6.04 Å². The van der Waals surface area contributed by atoms with Gasteiger partial charge in [0.05, 0.1) is 0 Å². The summed E-state index contributed by atoms with van der Waals surface area (Å²) in [6.07, 6.45) is 1.48. The van der Waals surface area contributed by atoms with Crippen LogP contribution < -0.4 is 0 Å². The SMILES string of the molecule is CCO[SiH](CCCc1cc(F)cc(F)c1)OCC. The molecule has 0 atom stereocenters. The summed E-state index contributed by atoms with van der Waals surface area (Å²) < 4.78 is 37.0. The van der Waals surface area contributed by atoms with E-state index in [1.54, 1.807) is 0 Å². The molecule has 5 heteroatoms. The summed E-state index contributed by atoms with van der Waals surface area (Å²) in [5.74, 6) is -1.04. The van der Waals surface area contributed by atoms with Crippen LogP contribution >= 0.6 is 0 Å². The molecular formula is C13H20F2O2Si. The predicted octanol–water partition coefficient (Wildman–Crippen LogP) is 3.19. The first kappa shape index (κ1) is 15.3. The van der Waals surface area contributed by atoms with E-state index < -0.39 is 20.9 Å². The van der Waals surface area contributed by atoms with E-state index in [-0.39, 0.29) is 0 Å². The summed E-state index contributed by atoms with van der Waals surface area (Å²) in [7, 11) is -1.59. The summed E-state index contributed by atoms with van der Waals surface area (Å²) >= 11 is 0. The van der Waals surface area contributed by atoms with Crippen LogP contribution in [0.15, 0.2) is 18.2 Å². The monoisotopic (exact) mass is 274 g/mol. The fourth-order valence-electron chi connectivity index (χ4n) is 1.81. The van der Waals surface area contributed by atoms with Gasteiger partial charge in [0.2, 0.25) is 0 Å². The third kappa shape index (κ3) is 5.71. The van der Waals surface area contributed by atoms with Gasteiger partial charge >= 0.3 is 9.28 Å². The molecule has 0 aliphatic rings. The van der Waals surface area contributed by atoms with Crippen LogP contribution in [0.25, 0.3) is 0 Å². The minimum atomic E-state index is -1.59. The van der Waals surface area contributed by atoms with E-state index in [1.165, 1.54) is 12.1 Å². The van der Waals surface area contributed by atoms with Gasteiger partial charge in [0, 0.05) is 19.3 Å². The molecule has 0 aromatic heterocycles. The first-order valence-corrected chi connectivity index (χ1v) is 8.09. The second kappa shape index (κ2) is 8.34. The van der Waals surface area contributed by atoms with Crippen molar-refractivity contribution < 1.29 is 17.6 Å². The van der Waals surface area contributed by atoms with E-state index in [0.717, 1.165) is 18.5 Å². The molecule has 0 radical (unpaired) electrons. The Morgan fingerprint density at radius 1 is 1.00 bits per heavy atom. The van der Waals surface area contributed by atoms with Crippen molar-refractivity contribution >= 4 is 9.28 Å². The minimum absolute atomic E-state index is 0.520. The van der Waals surface area contributed by atoms with Crippen LogP contribution in [0.3, 0.4) is 0 Å². The maximum Gasteiger partial charge on any atom is 0.321 e. The highest BCUT2D eigenvalue weighted by atomic mass is 28.3. The molecular weight excluding hydrogens is 254 g/mol. The number of rotatable bonds is 8. The van der Waals surface area contributed by atoms with Crippen LogP contribution in [0.4, 0.5) is 8.78 Å². The van der Waals surface area contributed by atoms with E-state index in [2.05, 4.69) is 0 Å². The molecule has 0 bridgehead atoms. The zero-order chi connectivity index (χ0) is 13.4. The van der Waals surface area contributed by atoms with Crippen molar-refractivity contribution in [3.8, 4) is 0 Å². The van der Waals surface area contributed by atoms with Gasteiger partial charge in [0.1, 0.15) is 11.6 Å². The van der Waals surface area contributed by atoms with E-state index in [4.69, 9.17) is 8.85 Å². The van der Waals surface area contributed by atoms with Crippen LogP contribution in [0, 0.1) is 11.6 Å². The second-order valence-electron chi connectivity index (χ2n) is 4.01. The maximum absolute atomic E-state index is 13.0. The Hall–Kier alpha value is -0.783. The molecule has 0 saturated carbocycles. The molecule has 0 saturated heterocycles. The Kier molecular flexibility index (Phi) is 7.08. The second-order valence-corrected chi connectivity index (χ2v) is 6.11. The summed E-state index contributed by atoms with van der Waals surface area (Å²) in [6, 6.07) is 4.50. The van der Waals surface area contributed by atoms with E-state index in [1.807, 2.05) is 13.8 Å². The summed E-state index contributed by atoms with van der Waals surface area (Å²) in [6.45, 7) is 5.21. The van der Waals surface area contributed by atoms with Gasteiger partial charge in [0.15, 0.2) is 0 Å². The smallest absolute Gasteiger partial charge is 0.321 e. The lowest BCUT2D eigenvalue weighted by atomic mass is 10.1. The van der Waals surface area contributed by atoms with Crippen LogP contribution in [0.5, 0.6) is 0 Å². The van der Waals surface area contributed by atoms with Crippen LogP contribution in [0.1, 0.15) is 25.8 Å². The van der Waals surface area contributed by atoms with Crippen molar-refractivity contribution in [2.24, 2.45) is 0 Å². The fourth-order valence-corrected chi connectivity index (χ4v) is 3.53.